The summed E-state index contributed by atoms with van der Waals surface area (Å²) < 4.78 is 0. The first-order chi connectivity index (χ1) is 9.70. The summed E-state index contributed by atoms with van der Waals surface area (Å²) in [5.74, 6) is 1.17. The molecular weight excluding hydrogens is 250 g/mol. The van der Waals surface area contributed by atoms with Crippen molar-refractivity contribution in [3.05, 3.63) is 29.3 Å². The fourth-order valence-electron chi connectivity index (χ4n) is 3.82. The third kappa shape index (κ3) is 2.31. The Labute approximate surface area is 120 Å². The second-order valence-corrected chi connectivity index (χ2v) is 6.12. The van der Waals surface area contributed by atoms with Crippen LogP contribution in [0.5, 0.6) is 11.5 Å². The van der Waals surface area contributed by atoms with Gasteiger partial charge < -0.3 is 15.9 Å². The molecular formula is C17H23NO2. The molecule has 0 amide bonds. The van der Waals surface area contributed by atoms with E-state index < -0.39 is 0 Å². The molecule has 0 bridgehead atoms. The van der Waals surface area contributed by atoms with Crippen LogP contribution in [0.25, 0.3) is 5.57 Å². The highest BCUT2D eigenvalue weighted by atomic mass is 16.3. The van der Waals surface area contributed by atoms with E-state index in [2.05, 4.69) is 6.08 Å². The van der Waals surface area contributed by atoms with Crippen molar-refractivity contribution in [3.8, 4) is 11.5 Å². The molecule has 4 N–H and O–H groups in total. The minimum Gasteiger partial charge on any atom is -0.504 e. The highest BCUT2D eigenvalue weighted by Crippen LogP contribution is 2.43. The van der Waals surface area contributed by atoms with Gasteiger partial charge in [0.05, 0.1) is 0 Å². The van der Waals surface area contributed by atoms with Gasteiger partial charge in [-0.2, -0.15) is 0 Å². The molecule has 3 heteroatoms. The maximum absolute atomic E-state index is 10.2. The lowest BCUT2D eigenvalue weighted by Gasteiger charge is -2.33. The smallest absolute Gasteiger partial charge is 0.161 e. The molecule has 1 atom stereocenters. The third-order valence-corrected chi connectivity index (χ3v) is 4.94. The first-order valence-electron chi connectivity index (χ1n) is 7.65. The summed E-state index contributed by atoms with van der Waals surface area (Å²) in [4.78, 5) is 0. The molecule has 1 aromatic rings. The molecule has 0 heterocycles. The zero-order valence-corrected chi connectivity index (χ0v) is 11.8. The van der Waals surface area contributed by atoms with Crippen LogP contribution in [0.15, 0.2) is 18.2 Å². The van der Waals surface area contributed by atoms with E-state index in [0.29, 0.717) is 18.4 Å². The van der Waals surface area contributed by atoms with Gasteiger partial charge in [0.2, 0.25) is 0 Å². The molecule has 3 rings (SSSR count). The van der Waals surface area contributed by atoms with E-state index in [0.717, 1.165) is 23.1 Å². The average molecular weight is 273 g/mol. The van der Waals surface area contributed by atoms with Gasteiger partial charge in [-0.3, -0.25) is 0 Å². The summed E-state index contributed by atoms with van der Waals surface area (Å²) in [6.45, 7) is 0.487. The largest absolute Gasteiger partial charge is 0.504 e. The van der Waals surface area contributed by atoms with Crippen molar-refractivity contribution >= 4 is 5.57 Å². The molecule has 0 aliphatic heterocycles. The summed E-state index contributed by atoms with van der Waals surface area (Å²) in [5, 5.41) is 19.9. The predicted octanol–water partition coefficient (Wildman–Crippen LogP) is 3.19. The van der Waals surface area contributed by atoms with Crippen molar-refractivity contribution in [1.29, 1.82) is 0 Å². The van der Waals surface area contributed by atoms with Gasteiger partial charge in [-0.25, -0.2) is 0 Å². The fourth-order valence-corrected chi connectivity index (χ4v) is 3.82. The van der Waals surface area contributed by atoms with Crippen LogP contribution in [0.2, 0.25) is 0 Å². The third-order valence-electron chi connectivity index (χ3n) is 4.94. The van der Waals surface area contributed by atoms with E-state index in [1.165, 1.54) is 32.1 Å². The number of allylic oxidation sites excluding steroid dienone is 1. The second kappa shape index (κ2) is 5.49. The fraction of sp³-hybridized carbons (Fsp3) is 0.529. The summed E-state index contributed by atoms with van der Waals surface area (Å²) >= 11 is 0. The van der Waals surface area contributed by atoms with Crippen molar-refractivity contribution in [1.82, 2.24) is 0 Å². The van der Waals surface area contributed by atoms with Gasteiger partial charge in [-0.05, 0) is 48.3 Å². The molecule has 0 radical (unpaired) electrons. The Morgan fingerprint density at radius 1 is 1.10 bits per heavy atom. The lowest BCUT2D eigenvalue weighted by molar-refractivity contribution is 0.281. The molecule has 2 aliphatic carbocycles. The first kappa shape index (κ1) is 13.5. The molecule has 1 fully saturated rings. The maximum atomic E-state index is 10.2. The van der Waals surface area contributed by atoms with E-state index in [1.54, 1.807) is 6.07 Å². The number of hydrogen-bond donors (Lipinski definition) is 3. The van der Waals surface area contributed by atoms with Gasteiger partial charge in [0.15, 0.2) is 11.5 Å². The molecule has 108 valence electrons. The van der Waals surface area contributed by atoms with Crippen LogP contribution in [0.4, 0.5) is 0 Å². The van der Waals surface area contributed by atoms with Crippen molar-refractivity contribution in [2.24, 2.45) is 17.6 Å². The minimum atomic E-state index is -0.0237. The summed E-state index contributed by atoms with van der Waals surface area (Å²) in [5.41, 5.74) is 8.88. The number of benzene rings is 1. The monoisotopic (exact) mass is 273 g/mol. The predicted molar refractivity (Wildman–Crippen MR) is 80.6 cm³/mol. The standard InChI is InChI=1S/C17H23NO2/c18-10-13-8-12(11-4-2-1-3-5-11)9-15-14(13)6-7-16(19)17(15)20/h6-8,11-12,19-20H,1-5,9-10,18H2. The van der Waals surface area contributed by atoms with Gasteiger partial charge in [0, 0.05) is 12.1 Å². The second-order valence-electron chi connectivity index (χ2n) is 6.12. The van der Waals surface area contributed by atoms with Crippen LogP contribution in [-0.2, 0) is 6.42 Å². The molecule has 20 heavy (non-hydrogen) atoms. The van der Waals surface area contributed by atoms with Gasteiger partial charge in [0.25, 0.3) is 0 Å². The molecule has 1 unspecified atom stereocenters. The van der Waals surface area contributed by atoms with Gasteiger partial charge in [0.1, 0.15) is 0 Å². The first-order valence-corrected chi connectivity index (χ1v) is 7.65. The Morgan fingerprint density at radius 3 is 2.55 bits per heavy atom. The SMILES string of the molecule is NCC1=CC(C2CCCCC2)Cc2c1ccc(O)c2O. The molecule has 1 saturated carbocycles. The van der Waals surface area contributed by atoms with E-state index >= 15 is 0 Å². The van der Waals surface area contributed by atoms with Crippen LogP contribution >= 0.6 is 0 Å². The number of nitrogens with two attached hydrogens (primary N) is 1. The van der Waals surface area contributed by atoms with E-state index in [1.807, 2.05) is 6.07 Å². The van der Waals surface area contributed by atoms with Crippen LogP contribution in [-0.4, -0.2) is 16.8 Å². The normalized spacial score (nSPS) is 23.2. The van der Waals surface area contributed by atoms with Crippen LogP contribution < -0.4 is 5.73 Å². The quantitative estimate of drug-likeness (QED) is 0.725. The zero-order chi connectivity index (χ0) is 14.1. The Hall–Kier alpha value is -1.48. The Bertz CT molecular complexity index is 530. The number of phenols is 2. The number of phenolic OH excluding ortho intramolecular Hbond substituents is 2. The van der Waals surface area contributed by atoms with Gasteiger partial charge in [-0.15, -0.1) is 0 Å². The zero-order valence-electron chi connectivity index (χ0n) is 11.8. The Balaban J connectivity index is 1.96. The Kier molecular flexibility index (Phi) is 3.70. The average Bonchev–Trinajstić information content (AvgIpc) is 2.51. The molecule has 1 aromatic carbocycles. The van der Waals surface area contributed by atoms with E-state index in [4.69, 9.17) is 5.73 Å². The highest BCUT2D eigenvalue weighted by molar-refractivity contribution is 5.75. The van der Waals surface area contributed by atoms with Crippen LogP contribution in [0, 0.1) is 11.8 Å². The number of fused-ring (bicyclic) bond motifs is 1. The van der Waals surface area contributed by atoms with Crippen molar-refractivity contribution in [2.45, 2.75) is 38.5 Å². The van der Waals surface area contributed by atoms with E-state index in [-0.39, 0.29) is 11.5 Å². The molecule has 0 spiro atoms. The van der Waals surface area contributed by atoms with Crippen molar-refractivity contribution < 1.29 is 10.2 Å². The lowest BCUT2D eigenvalue weighted by Crippen LogP contribution is -2.23. The molecule has 3 nitrogen and oxygen atoms in total. The lowest BCUT2D eigenvalue weighted by atomic mass is 9.73. The Morgan fingerprint density at radius 2 is 1.85 bits per heavy atom. The summed E-state index contributed by atoms with van der Waals surface area (Å²) in [7, 11) is 0. The van der Waals surface area contributed by atoms with Gasteiger partial charge in [-0.1, -0.05) is 31.4 Å². The maximum Gasteiger partial charge on any atom is 0.161 e. The highest BCUT2D eigenvalue weighted by Gasteiger charge is 2.29. The molecule has 0 saturated heterocycles. The van der Waals surface area contributed by atoms with Gasteiger partial charge >= 0.3 is 0 Å². The number of aromatic hydroxyl groups is 2. The minimum absolute atomic E-state index is 0.0237. The molecule has 0 aromatic heterocycles. The van der Waals surface area contributed by atoms with Crippen molar-refractivity contribution in [3.63, 3.8) is 0 Å². The summed E-state index contributed by atoms with van der Waals surface area (Å²) in [6, 6.07) is 3.43. The summed E-state index contributed by atoms with van der Waals surface area (Å²) in [6.07, 6.45) is 9.65. The van der Waals surface area contributed by atoms with Crippen LogP contribution in [0.3, 0.4) is 0 Å². The molecule has 2 aliphatic rings. The van der Waals surface area contributed by atoms with Crippen molar-refractivity contribution in [2.75, 3.05) is 6.54 Å². The van der Waals surface area contributed by atoms with Crippen LogP contribution in [0.1, 0.15) is 43.2 Å². The number of rotatable bonds is 2. The number of hydrogen-bond acceptors (Lipinski definition) is 3. The topological polar surface area (TPSA) is 66.5 Å². The van der Waals surface area contributed by atoms with E-state index in [9.17, 15) is 10.2 Å².